The maximum absolute atomic E-state index is 5.48. The lowest BCUT2D eigenvalue weighted by atomic mass is 10.3. The summed E-state index contributed by atoms with van der Waals surface area (Å²) in [6.07, 6.45) is 2.88. The molecule has 15 heavy (non-hydrogen) atoms. The zero-order valence-corrected chi connectivity index (χ0v) is 9.82. The molecule has 1 unspecified atom stereocenters. The average Bonchev–Trinajstić information content (AvgIpc) is 2.17. The lowest BCUT2D eigenvalue weighted by Gasteiger charge is -2.13. The summed E-state index contributed by atoms with van der Waals surface area (Å²) in [4.78, 5) is 8.39. The Morgan fingerprint density at radius 1 is 1.40 bits per heavy atom. The van der Waals surface area contributed by atoms with Gasteiger partial charge >= 0.3 is 0 Å². The molecule has 0 aliphatic heterocycles. The van der Waals surface area contributed by atoms with Crippen molar-refractivity contribution in [2.24, 2.45) is 0 Å². The molecule has 0 saturated carbocycles. The lowest BCUT2D eigenvalue weighted by molar-refractivity contribution is 0.232. The Hall–Kier alpha value is -1.32. The molecule has 1 aromatic heterocycles. The zero-order valence-electron chi connectivity index (χ0n) is 9.82. The summed E-state index contributed by atoms with van der Waals surface area (Å²) < 4.78 is 5.48. The fourth-order valence-electron chi connectivity index (χ4n) is 1.04. The van der Waals surface area contributed by atoms with Crippen molar-refractivity contribution in [2.45, 2.75) is 46.3 Å². The van der Waals surface area contributed by atoms with E-state index in [9.17, 15) is 0 Å². The standard InChI is InChI=1S/C11H19N3O/c1-5-9(4)13-11-12-7-6-10(14-11)15-8(2)3/h6-9H,5H2,1-4H3,(H,12,13,14). The minimum absolute atomic E-state index is 0.136. The monoisotopic (exact) mass is 209 g/mol. The summed E-state index contributed by atoms with van der Waals surface area (Å²) >= 11 is 0. The Balaban J connectivity index is 2.65. The van der Waals surface area contributed by atoms with E-state index in [-0.39, 0.29) is 6.10 Å². The fourth-order valence-corrected chi connectivity index (χ4v) is 1.04. The van der Waals surface area contributed by atoms with Crippen LogP contribution in [0.4, 0.5) is 5.95 Å². The van der Waals surface area contributed by atoms with Crippen LogP contribution in [0.3, 0.4) is 0 Å². The van der Waals surface area contributed by atoms with E-state index < -0.39 is 0 Å². The number of rotatable bonds is 5. The number of aromatic nitrogens is 2. The van der Waals surface area contributed by atoms with E-state index in [0.717, 1.165) is 6.42 Å². The first-order valence-electron chi connectivity index (χ1n) is 5.38. The third kappa shape index (κ3) is 4.14. The summed E-state index contributed by atoms with van der Waals surface area (Å²) in [6, 6.07) is 2.14. The van der Waals surface area contributed by atoms with Gasteiger partial charge in [-0.25, -0.2) is 4.98 Å². The van der Waals surface area contributed by atoms with Gasteiger partial charge in [0.05, 0.1) is 6.10 Å². The Bertz CT molecular complexity index is 302. The van der Waals surface area contributed by atoms with Crippen molar-refractivity contribution in [1.29, 1.82) is 0 Å². The molecule has 1 aromatic rings. The number of anilines is 1. The zero-order chi connectivity index (χ0) is 11.3. The molecule has 1 rings (SSSR count). The van der Waals surface area contributed by atoms with Gasteiger partial charge in [-0.05, 0) is 27.2 Å². The molecule has 4 nitrogen and oxygen atoms in total. The van der Waals surface area contributed by atoms with Crippen molar-refractivity contribution in [2.75, 3.05) is 5.32 Å². The highest BCUT2D eigenvalue weighted by atomic mass is 16.5. The van der Waals surface area contributed by atoms with E-state index in [4.69, 9.17) is 4.74 Å². The van der Waals surface area contributed by atoms with E-state index in [1.54, 1.807) is 12.3 Å². The number of nitrogens with one attached hydrogen (secondary N) is 1. The van der Waals surface area contributed by atoms with Crippen LogP contribution >= 0.6 is 0 Å². The predicted molar refractivity (Wildman–Crippen MR) is 61.2 cm³/mol. The molecule has 0 spiro atoms. The van der Waals surface area contributed by atoms with Gasteiger partial charge in [0.25, 0.3) is 0 Å². The van der Waals surface area contributed by atoms with Crippen molar-refractivity contribution in [3.05, 3.63) is 12.3 Å². The fraction of sp³-hybridized carbons (Fsp3) is 0.636. The van der Waals surface area contributed by atoms with Gasteiger partial charge in [-0.3, -0.25) is 0 Å². The first-order chi connectivity index (χ1) is 7.11. The lowest BCUT2D eigenvalue weighted by Crippen LogP contribution is -2.16. The first-order valence-corrected chi connectivity index (χ1v) is 5.38. The summed E-state index contributed by atoms with van der Waals surface area (Å²) in [5.74, 6) is 1.24. The molecule has 0 radical (unpaired) electrons. The van der Waals surface area contributed by atoms with Crippen LogP contribution in [0, 0.1) is 0 Å². The van der Waals surface area contributed by atoms with Crippen molar-refractivity contribution < 1.29 is 4.74 Å². The van der Waals surface area contributed by atoms with Crippen LogP contribution in [0.2, 0.25) is 0 Å². The third-order valence-electron chi connectivity index (χ3n) is 1.97. The van der Waals surface area contributed by atoms with Crippen LogP contribution in [0.25, 0.3) is 0 Å². The van der Waals surface area contributed by atoms with Gasteiger partial charge < -0.3 is 10.1 Å². The molecule has 1 atom stereocenters. The molecular formula is C11H19N3O. The van der Waals surface area contributed by atoms with Crippen LogP contribution in [0.1, 0.15) is 34.1 Å². The van der Waals surface area contributed by atoms with Gasteiger partial charge in [-0.2, -0.15) is 4.98 Å². The highest BCUT2D eigenvalue weighted by molar-refractivity contribution is 5.28. The van der Waals surface area contributed by atoms with Gasteiger partial charge in [0.2, 0.25) is 11.8 Å². The number of ether oxygens (including phenoxy) is 1. The molecule has 0 aliphatic carbocycles. The second-order valence-corrected chi connectivity index (χ2v) is 3.84. The molecule has 4 heteroatoms. The molecule has 0 aromatic carbocycles. The van der Waals surface area contributed by atoms with E-state index in [1.807, 2.05) is 13.8 Å². The number of hydrogen-bond acceptors (Lipinski definition) is 4. The summed E-state index contributed by atoms with van der Waals surface area (Å²) in [5.41, 5.74) is 0. The topological polar surface area (TPSA) is 47.0 Å². The Morgan fingerprint density at radius 3 is 2.73 bits per heavy atom. The largest absolute Gasteiger partial charge is 0.475 e. The van der Waals surface area contributed by atoms with E-state index >= 15 is 0 Å². The van der Waals surface area contributed by atoms with Gasteiger partial charge in [0.15, 0.2) is 0 Å². The molecule has 1 N–H and O–H groups in total. The summed E-state index contributed by atoms with van der Waals surface area (Å²) in [6.45, 7) is 8.17. The van der Waals surface area contributed by atoms with Crippen molar-refractivity contribution in [3.8, 4) is 5.88 Å². The van der Waals surface area contributed by atoms with Crippen LogP contribution in [-0.2, 0) is 0 Å². The second-order valence-electron chi connectivity index (χ2n) is 3.84. The number of nitrogens with zero attached hydrogens (tertiary/aromatic N) is 2. The molecule has 84 valence electrons. The van der Waals surface area contributed by atoms with Gasteiger partial charge in [-0.15, -0.1) is 0 Å². The normalized spacial score (nSPS) is 12.6. The van der Waals surface area contributed by atoms with Crippen molar-refractivity contribution in [3.63, 3.8) is 0 Å². The number of hydrogen-bond donors (Lipinski definition) is 1. The molecule has 0 fully saturated rings. The molecule has 1 heterocycles. The molecule has 0 bridgehead atoms. The van der Waals surface area contributed by atoms with E-state index in [2.05, 4.69) is 29.1 Å². The SMILES string of the molecule is CCC(C)Nc1nccc(OC(C)C)n1. The molecular weight excluding hydrogens is 190 g/mol. The third-order valence-corrected chi connectivity index (χ3v) is 1.97. The maximum Gasteiger partial charge on any atom is 0.226 e. The van der Waals surface area contributed by atoms with Crippen molar-refractivity contribution in [1.82, 2.24) is 9.97 Å². The van der Waals surface area contributed by atoms with E-state index in [1.165, 1.54) is 0 Å². The Labute approximate surface area is 91.1 Å². The summed E-state index contributed by atoms with van der Waals surface area (Å²) in [5, 5.41) is 3.20. The van der Waals surface area contributed by atoms with Crippen LogP contribution in [0.5, 0.6) is 5.88 Å². The molecule has 0 amide bonds. The van der Waals surface area contributed by atoms with E-state index in [0.29, 0.717) is 17.9 Å². The molecule has 0 aliphatic rings. The minimum atomic E-state index is 0.136. The van der Waals surface area contributed by atoms with Crippen LogP contribution in [0.15, 0.2) is 12.3 Å². The van der Waals surface area contributed by atoms with Gasteiger partial charge in [0, 0.05) is 18.3 Å². The van der Waals surface area contributed by atoms with Crippen LogP contribution < -0.4 is 10.1 Å². The summed E-state index contributed by atoms with van der Waals surface area (Å²) in [7, 11) is 0. The smallest absolute Gasteiger partial charge is 0.226 e. The van der Waals surface area contributed by atoms with Crippen molar-refractivity contribution >= 4 is 5.95 Å². The highest BCUT2D eigenvalue weighted by Gasteiger charge is 2.04. The average molecular weight is 209 g/mol. The predicted octanol–water partition coefficient (Wildman–Crippen LogP) is 2.47. The van der Waals surface area contributed by atoms with Gasteiger partial charge in [-0.1, -0.05) is 6.92 Å². The Morgan fingerprint density at radius 2 is 2.13 bits per heavy atom. The minimum Gasteiger partial charge on any atom is -0.475 e. The van der Waals surface area contributed by atoms with Crippen LogP contribution in [-0.4, -0.2) is 22.1 Å². The van der Waals surface area contributed by atoms with Gasteiger partial charge in [0.1, 0.15) is 0 Å². The molecule has 0 saturated heterocycles. The second kappa shape index (κ2) is 5.53. The highest BCUT2D eigenvalue weighted by Crippen LogP contribution is 2.11. The first kappa shape index (κ1) is 11.8. The maximum atomic E-state index is 5.48. The quantitative estimate of drug-likeness (QED) is 0.809. The Kier molecular flexibility index (Phi) is 4.34.